The molecule has 0 bridgehead atoms. The zero-order chi connectivity index (χ0) is 26.2. The van der Waals surface area contributed by atoms with Crippen molar-refractivity contribution in [1.82, 2.24) is 10.6 Å². The topological polar surface area (TPSA) is 129 Å². The zero-order valence-electron chi connectivity index (χ0n) is 20.9. The molecule has 1 aliphatic rings. The van der Waals surface area contributed by atoms with Gasteiger partial charge in [0.05, 0.1) is 30.3 Å². The van der Waals surface area contributed by atoms with E-state index in [2.05, 4.69) is 10.6 Å². The largest absolute Gasteiger partial charge is 0.493 e. The van der Waals surface area contributed by atoms with Gasteiger partial charge in [0, 0.05) is 11.8 Å². The van der Waals surface area contributed by atoms with Gasteiger partial charge in [-0.2, -0.15) is 0 Å². The number of nitro benzene ring substituents is 1. The fourth-order valence-electron chi connectivity index (χ4n) is 4.03. The van der Waals surface area contributed by atoms with E-state index in [1.807, 2.05) is 38.1 Å². The summed E-state index contributed by atoms with van der Waals surface area (Å²) < 4.78 is 16.5. The highest BCUT2D eigenvalue weighted by atomic mass is 16.6. The van der Waals surface area contributed by atoms with Gasteiger partial charge in [0.2, 0.25) is 5.75 Å². The SMILES string of the molecule is CCCCC1=C(C(=O)OCC)C(c2cc(OC)c(OCc3cccc(C)c3)c([N+](=O)[O-])c2)NC(=O)N1. The maximum atomic E-state index is 12.9. The van der Waals surface area contributed by atoms with Crippen LogP contribution in [0, 0.1) is 17.0 Å². The Morgan fingerprint density at radius 2 is 1.97 bits per heavy atom. The van der Waals surface area contributed by atoms with Gasteiger partial charge >= 0.3 is 17.7 Å². The number of esters is 1. The van der Waals surface area contributed by atoms with Gasteiger partial charge in [-0.25, -0.2) is 9.59 Å². The second-order valence-electron chi connectivity index (χ2n) is 8.35. The fourth-order valence-corrected chi connectivity index (χ4v) is 4.03. The van der Waals surface area contributed by atoms with Crippen LogP contribution < -0.4 is 20.1 Å². The smallest absolute Gasteiger partial charge is 0.338 e. The Bertz CT molecular complexity index is 1180. The average molecular weight is 498 g/mol. The number of allylic oxidation sites excluding steroid dienone is 1. The van der Waals surface area contributed by atoms with Crippen LogP contribution in [0.2, 0.25) is 0 Å². The number of hydrogen-bond donors (Lipinski definition) is 2. The lowest BCUT2D eigenvalue weighted by molar-refractivity contribution is -0.386. The van der Waals surface area contributed by atoms with Crippen LogP contribution in [-0.2, 0) is 16.1 Å². The summed E-state index contributed by atoms with van der Waals surface area (Å²) >= 11 is 0. The molecule has 10 heteroatoms. The quantitative estimate of drug-likeness (QED) is 0.258. The van der Waals surface area contributed by atoms with Gasteiger partial charge in [0.1, 0.15) is 6.61 Å². The number of carbonyl (C=O) groups excluding carboxylic acids is 2. The Balaban J connectivity index is 2.08. The summed E-state index contributed by atoms with van der Waals surface area (Å²) in [6, 6.07) is 8.94. The molecule has 2 aromatic rings. The summed E-state index contributed by atoms with van der Waals surface area (Å²) in [7, 11) is 1.37. The number of amides is 2. The Kier molecular flexibility index (Phi) is 8.88. The van der Waals surface area contributed by atoms with Crippen LogP contribution in [0.1, 0.15) is 55.8 Å². The van der Waals surface area contributed by atoms with Gasteiger partial charge in [-0.3, -0.25) is 10.1 Å². The van der Waals surface area contributed by atoms with Crippen LogP contribution in [0.25, 0.3) is 0 Å². The lowest BCUT2D eigenvalue weighted by atomic mass is 9.92. The van der Waals surface area contributed by atoms with Crippen LogP contribution in [0.3, 0.4) is 0 Å². The molecule has 10 nitrogen and oxygen atoms in total. The summed E-state index contributed by atoms with van der Waals surface area (Å²) in [5, 5.41) is 17.4. The first-order valence-electron chi connectivity index (χ1n) is 11.8. The number of benzene rings is 2. The molecule has 0 saturated heterocycles. The predicted molar refractivity (Wildman–Crippen MR) is 133 cm³/mol. The molecule has 0 spiro atoms. The van der Waals surface area contributed by atoms with Crippen molar-refractivity contribution in [3.8, 4) is 11.5 Å². The molecule has 0 fully saturated rings. The van der Waals surface area contributed by atoms with E-state index in [1.165, 1.54) is 19.2 Å². The van der Waals surface area contributed by atoms with Crippen LogP contribution in [0.15, 0.2) is 47.7 Å². The third-order valence-corrected chi connectivity index (χ3v) is 5.70. The normalized spacial score (nSPS) is 15.1. The number of hydrogen-bond acceptors (Lipinski definition) is 7. The summed E-state index contributed by atoms with van der Waals surface area (Å²) in [6.45, 7) is 5.85. The van der Waals surface area contributed by atoms with Gasteiger partial charge in [-0.05, 0) is 43.9 Å². The Morgan fingerprint density at radius 1 is 1.19 bits per heavy atom. The summed E-state index contributed by atoms with van der Waals surface area (Å²) in [6.07, 6.45) is 2.03. The van der Waals surface area contributed by atoms with Crippen molar-refractivity contribution < 1.29 is 28.7 Å². The first-order chi connectivity index (χ1) is 17.3. The van der Waals surface area contributed by atoms with E-state index < -0.39 is 23.0 Å². The lowest BCUT2D eigenvalue weighted by Crippen LogP contribution is -2.46. The Morgan fingerprint density at radius 3 is 2.61 bits per heavy atom. The number of ether oxygens (including phenoxy) is 3. The molecule has 2 amide bonds. The highest BCUT2D eigenvalue weighted by Gasteiger charge is 2.36. The number of nitro groups is 1. The minimum atomic E-state index is -0.969. The molecule has 36 heavy (non-hydrogen) atoms. The highest BCUT2D eigenvalue weighted by Crippen LogP contribution is 2.42. The van der Waals surface area contributed by atoms with Gasteiger partial charge in [-0.15, -0.1) is 0 Å². The highest BCUT2D eigenvalue weighted by molar-refractivity contribution is 5.95. The van der Waals surface area contributed by atoms with Gasteiger partial charge in [0.15, 0.2) is 5.75 Å². The van der Waals surface area contributed by atoms with Crippen molar-refractivity contribution in [2.24, 2.45) is 0 Å². The molecule has 1 atom stereocenters. The van der Waals surface area contributed by atoms with E-state index in [4.69, 9.17) is 14.2 Å². The second-order valence-corrected chi connectivity index (χ2v) is 8.35. The van der Waals surface area contributed by atoms with E-state index >= 15 is 0 Å². The molecule has 2 aromatic carbocycles. The van der Waals surface area contributed by atoms with Crippen molar-refractivity contribution in [3.63, 3.8) is 0 Å². The molecule has 1 aliphatic heterocycles. The first kappa shape index (κ1) is 26.5. The third-order valence-electron chi connectivity index (χ3n) is 5.70. The van der Waals surface area contributed by atoms with Gasteiger partial charge in [-0.1, -0.05) is 43.2 Å². The molecular formula is C26H31N3O7. The van der Waals surface area contributed by atoms with E-state index in [0.717, 1.165) is 24.0 Å². The molecular weight excluding hydrogens is 466 g/mol. The van der Waals surface area contributed by atoms with E-state index in [0.29, 0.717) is 17.7 Å². The maximum absolute atomic E-state index is 12.9. The zero-order valence-corrected chi connectivity index (χ0v) is 20.9. The Hall–Kier alpha value is -4.08. The molecule has 0 radical (unpaired) electrons. The van der Waals surface area contributed by atoms with Crippen molar-refractivity contribution in [1.29, 1.82) is 0 Å². The second kappa shape index (κ2) is 12.1. The van der Waals surface area contributed by atoms with E-state index in [1.54, 1.807) is 6.92 Å². The minimum Gasteiger partial charge on any atom is -0.493 e. The molecule has 0 aliphatic carbocycles. The summed E-state index contributed by atoms with van der Waals surface area (Å²) in [4.78, 5) is 36.9. The lowest BCUT2D eigenvalue weighted by Gasteiger charge is -2.29. The molecule has 3 rings (SSSR count). The molecule has 0 aromatic heterocycles. The number of urea groups is 1. The van der Waals surface area contributed by atoms with Gasteiger partial charge in [0.25, 0.3) is 0 Å². The average Bonchev–Trinajstić information content (AvgIpc) is 2.85. The number of rotatable bonds is 11. The summed E-state index contributed by atoms with van der Waals surface area (Å²) in [5.74, 6) is -0.540. The van der Waals surface area contributed by atoms with Crippen molar-refractivity contribution >= 4 is 17.7 Å². The van der Waals surface area contributed by atoms with Crippen LogP contribution in [0.5, 0.6) is 11.5 Å². The minimum absolute atomic E-state index is 0.0408. The maximum Gasteiger partial charge on any atom is 0.338 e. The molecule has 1 unspecified atom stereocenters. The number of aryl methyl sites for hydroxylation is 1. The molecule has 2 N–H and O–H groups in total. The molecule has 192 valence electrons. The molecule has 0 saturated carbocycles. The van der Waals surface area contributed by atoms with Crippen LogP contribution >= 0.6 is 0 Å². The van der Waals surface area contributed by atoms with Crippen molar-refractivity contribution in [2.45, 2.75) is 52.7 Å². The number of nitrogens with one attached hydrogen (secondary N) is 2. The number of unbranched alkanes of at least 4 members (excludes halogenated alkanes) is 1. The fraction of sp³-hybridized carbons (Fsp3) is 0.385. The number of nitrogens with zero attached hydrogens (tertiary/aromatic N) is 1. The monoisotopic (exact) mass is 497 g/mol. The Labute approximate surface area is 209 Å². The van der Waals surface area contributed by atoms with Crippen molar-refractivity contribution in [2.75, 3.05) is 13.7 Å². The van der Waals surface area contributed by atoms with Crippen LogP contribution in [-0.4, -0.2) is 30.6 Å². The third kappa shape index (κ3) is 6.12. The molecule has 1 heterocycles. The van der Waals surface area contributed by atoms with Crippen LogP contribution in [0.4, 0.5) is 10.5 Å². The van der Waals surface area contributed by atoms with Gasteiger partial charge < -0.3 is 24.8 Å². The van der Waals surface area contributed by atoms with Crippen molar-refractivity contribution in [3.05, 3.63) is 74.5 Å². The first-order valence-corrected chi connectivity index (χ1v) is 11.8. The predicted octanol–water partition coefficient (Wildman–Crippen LogP) is 4.85. The van der Waals surface area contributed by atoms with E-state index in [9.17, 15) is 19.7 Å². The van der Waals surface area contributed by atoms with E-state index in [-0.39, 0.29) is 36.0 Å². The number of methoxy groups -OCH3 is 1. The number of carbonyl (C=O) groups is 2. The summed E-state index contributed by atoms with van der Waals surface area (Å²) in [5.41, 5.74) is 2.47. The standard InChI is InChI=1S/C26H31N3O7/c1-5-7-11-19-22(25(30)35-6-2)23(28-26(31)27-19)18-13-20(29(32)33)24(21(14-18)34-4)36-15-17-10-8-9-16(3)12-17/h8-10,12-14,23H,5-7,11,15H2,1-4H3,(H2,27,28,31).